The van der Waals surface area contributed by atoms with E-state index in [-0.39, 0.29) is 12.3 Å². The van der Waals surface area contributed by atoms with Crippen molar-refractivity contribution in [3.63, 3.8) is 0 Å². The lowest BCUT2D eigenvalue weighted by Gasteiger charge is -2.18. The number of aromatic amines is 1. The lowest BCUT2D eigenvalue weighted by atomic mass is 10.2. The first-order chi connectivity index (χ1) is 10.4. The minimum atomic E-state index is -4.54. The number of nitrogens with one attached hydrogen (secondary N) is 2. The third kappa shape index (κ3) is 4.00. The zero-order chi connectivity index (χ0) is 16.2. The monoisotopic (exact) mass is 313 g/mol. The smallest absolute Gasteiger partial charge is 0.419 e. The molecule has 0 spiro atoms. The van der Waals surface area contributed by atoms with Crippen LogP contribution in [0.5, 0.6) is 5.75 Å². The number of amides is 1. The molecular weight excluding hydrogens is 299 g/mol. The molecule has 0 saturated carbocycles. The predicted molar refractivity (Wildman–Crippen MR) is 72.0 cm³/mol. The molecule has 0 aliphatic heterocycles. The third-order valence-electron chi connectivity index (χ3n) is 2.88. The summed E-state index contributed by atoms with van der Waals surface area (Å²) in [6, 6.07) is 6.44. The molecule has 0 fully saturated rings. The Bertz CT molecular complexity index is 627. The maximum Gasteiger partial charge on any atom is 0.419 e. The largest absolute Gasteiger partial charge is 0.480 e. The van der Waals surface area contributed by atoms with E-state index in [1.807, 2.05) is 0 Å². The first kappa shape index (κ1) is 15.9. The summed E-state index contributed by atoms with van der Waals surface area (Å²) in [5.74, 6) is -0.897. The van der Waals surface area contributed by atoms with Gasteiger partial charge in [-0.2, -0.15) is 18.3 Å². The predicted octanol–water partition coefficient (Wildman–Crippen LogP) is 2.51. The Labute approximate surface area is 124 Å². The molecule has 1 aromatic heterocycles. The Balaban J connectivity index is 1.99. The second kappa shape index (κ2) is 6.50. The van der Waals surface area contributed by atoms with Gasteiger partial charge in [-0.1, -0.05) is 12.1 Å². The number of alkyl halides is 3. The van der Waals surface area contributed by atoms with E-state index in [4.69, 9.17) is 4.74 Å². The molecule has 2 rings (SSSR count). The van der Waals surface area contributed by atoms with Crippen molar-refractivity contribution in [1.29, 1.82) is 0 Å². The van der Waals surface area contributed by atoms with Crippen molar-refractivity contribution in [3.8, 4) is 5.75 Å². The highest BCUT2D eigenvalue weighted by Crippen LogP contribution is 2.36. The number of aromatic nitrogens is 2. The molecule has 118 valence electrons. The number of halogens is 3. The van der Waals surface area contributed by atoms with E-state index in [1.165, 1.54) is 31.3 Å². The molecule has 1 unspecified atom stereocenters. The number of benzene rings is 1. The Morgan fingerprint density at radius 2 is 2.09 bits per heavy atom. The topological polar surface area (TPSA) is 67.0 Å². The molecule has 2 N–H and O–H groups in total. The zero-order valence-corrected chi connectivity index (χ0v) is 11.6. The van der Waals surface area contributed by atoms with Crippen LogP contribution in [0, 0.1) is 0 Å². The molecule has 0 aliphatic rings. The molecule has 1 aromatic carbocycles. The first-order valence-electron chi connectivity index (χ1n) is 6.47. The highest BCUT2D eigenvalue weighted by atomic mass is 19.4. The second-order valence-corrected chi connectivity index (χ2v) is 4.55. The van der Waals surface area contributed by atoms with Gasteiger partial charge >= 0.3 is 6.18 Å². The van der Waals surface area contributed by atoms with Gasteiger partial charge < -0.3 is 10.1 Å². The summed E-state index contributed by atoms with van der Waals surface area (Å²) < 4.78 is 43.7. The molecule has 22 heavy (non-hydrogen) atoms. The van der Waals surface area contributed by atoms with E-state index in [9.17, 15) is 18.0 Å². The Morgan fingerprint density at radius 1 is 1.36 bits per heavy atom. The van der Waals surface area contributed by atoms with Gasteiger partial charge in [-0.3, -0.25) is 9.89 Å². The molecule has 5 nitrogen and oxygen atoms in total. The van der Waals surface area contributed by atoms with Crippen LogP contribution < -0.4 is 10.1 Å². The highest BCUT2D eigenvalue weighted by Gasteiger charge is 2.34. The summed E-state index contributed by atoms with van der Waals surface area (Å²) in [7, 11) is 0. The molecule has 8 heteroatoms. The van der Waals surface area contributed by atoms with Gasteiger partial charge in [-0.15, -0.1) is 0 Å². The van der Waals surface area contributed by atoms with Crippen LogP contribution in [0.15, 0.2) is 36.5 Å². The number of carbonyl (C=O) groups excluding carboxylic acids is 1. The van der Waals surface area contributed by atoms with Crippen molar-refractivity contribution in [1.82, 2.24) is 15.5 Å². The van der Waals surface area contributed by atoms with Gasteiger partial charge in [0.25, 0.3) is 5.91 Å². The quantitative estimate of drug-likeness (QED) is 0.891. The van der Waals surface area contributed by atoms with E-state index in [0.29, 0.717) is 5.69 Å². The number of para-hydroxylation sites is 1. The van der Waals surface area contributed by atoms with Crippen LogP contribution in [0.1, 0.15) is 18.2 Å². The fourth-order valence-electron chi connectivity index (χ4n) is 1.76. The molecule has 2 aromatic rings. The van der Waals surface area contributed by atoms with Gasteiger partial charge in [-0.05, 0) is 25.1 Å². The van der Waals surface area contributed by atoms with Crippen molar-refractivity contribution in [2.75, 3.05) is 0 Å². The van der Waals surface area contributed by atoms with E-state index in [1.54, 1.807) is 6.07 Å². The van der Waals surface area contributed by atoms with Crippen LogP contribution in [0.4, 0.5) is 13.2 Å². The van der Waals surface area contributed by atoms with Crippen LogP contribution in [-0.4, -0.2) is 22.2 Å². The zero-order valence-electron chi connectivity index (χ0n) is 11.6. The van der Waals surface area contributed by atoms with Gasteiger partial charge in [0, 0.05) is 6.20 Å². The van der Waals surface area contributed by atoms with Crippen molar-refractivity contribution < 1.29 is 22.7 Å². The lowest BCUT2D eigenvalue weighted by Crippen LogP contribution is -2.36. The molecule has 0 saturated heterocycles. The van der Waals surface area contributed by atoms with E-state index in [2.05, 4.69) is 15.5 Å². The van der Waals surface area contributed by atoms with Crippen LogP contribution in [-0.2, 0) is 17.5 Å². The number of rotatable bonds is 5. The lowest BCUT2D eigenvalue weighted by molar-refractivity contribution is -0.140. The summed E-state index contributed by atoms with van der Waals surface area (Å²) in [6.45, 7) is 1.57. The van der Waals surface area contributed by atoms with Crippen LogP contribution in [0.25, 0.3) is 0 Å². The summed E-state index contributed by atoms with van der Waals surface area (Å²) in [5.41, 5.74) is -0.237. The minimum absolute atomic E-state index is 0.188. The normalized spacial score (nSPS) is 12.7. The fourth-order valence-corrected chi connectivity index (χ4v) is 1.76. The van der Waals surface area contributed by atoms with Crippen molar-refractivity contribution in [2.24, 2.45) is 0 Å². The molecule has 0 radical (unpaired) electrons. The highest BCUT2D eigenvalue weighted by molar-refractivity contribution is 5.80. The number of carbonyl (C=O) groups is 1. The number of hydrogen-bond donors (Lipinski definition) is 2. The summed E-state index contributed by atoms with van der Waals surface area (Å²) in [5, 5.41) is 8.92. The Hall–Kier alpha value is -2.51. The minimum Gasteiger partial charge on any atom is -0.480 e. The van der Waals surface area contributed by atoms with Gasteiger partial charge in [0.2, 0.25) is 0 Å². The Morgan fingerprint density at radius 3 is 2.73 bits per heavy atom. The Kier molecular flexibility index (Phi) is 4.69. The van der Waals surface area contributed by atoms with Crippen molar-refractivity contribution in [3.05, 3.63) is 47.8 Å². The molecule has 1 heterocycles. The molecule has 0 bridgehead atoms. The molecule has 1 amide bonds. The standard InChI is InChI=1S/C14H14F3N3O2/c1-9(13(21)18-8-10-6-7-19-20-10)22-12-5-3-2-4-11(12)14(15,16)17/h2-7,9H,8H2,1H3,(H,18,21)(H,19,20). The number of hydrogen-bond acceptors (Lipinski definition) is 3. The van der Waals surface area contributed by atoms with Gasteiger partial charge in [-0.25, -0.2) is 0 Å². The molecular formula is C14H14F3N3O2. The summed E-state index contributed by atoms with van der Waals surface area (Å²) >= 11 is 0. The van der Waals surface area contributed by atoms with Gasteiger partial charge in [0.15, 0.2) is 6.10 Å². The van der Waals surface area contributed by atoms with Crippen molar-refractivity contribution >= 4 is 5.91 Å². The van der Waals surface area contributed by atoms with Crippen molar-refractivity contribution in [2.45, 2.75) is 25.7 Å². The van der Waals surface area contributed by atoms with E-state index >= 15 is 0 Å². The average molecular weight is 313 g/mol. The number of H-pyrrole nitrogens is 1. The third-order valence-corrected chi connectivity index (χ3v) is 2.88. The first-order valence-corrected chi connectivity index (χ1v) is 6.47. The summed E-state index contributed by atoms with van der Waals surface area (Å²) in [6.07, 6.45) is -4.07. The maximum atomic E-state index is 12.8. The van der Waals surface area contributed by atoms with Crippen LogP contribution in [0.3, 0.4) is 0 Å². The van der Waals surface area contributed by atoms with Crippen LogP contribution in [0.2, 0.25) is 0 Å². The van der Waals surface area contributed by atoms with E-state index in [0.717, 1.165) is 6.07 Å². The second-order valence-electron chi connectivity index (χ2n) is 4.55. The SMILES string of the molecule is CC(Oc1ccccc1C(F)(F)F)C(=O)NCc1ccn[nH]1. The fraction of sp³-hybridized carbons (Fsp3) is 0.286. The van der Waals surface area contributed by atoms with Gasteiger partial charge in [0.1, 0.15) is 5.75 Å². The number of ether oxygens (including phenoxy) is 1. The van der Waals surface area contributed by atoms with Crippen LogP contribution >= 0.6 is 0 Å². The molecule has 1 atom stereocenters. The molecule has 0 aliphatic carbocycles. The van der Waals surface area contributed by atoms with Gasteiger partial charge in [0.05, 0.1) is 17.8 Å². The maximum absolute atomic E-state index is 12.8. The van der Waals surface area contributed by atoms with E-state index < -0.39 is 23.8 Å². The number of nitrogens with zero attached hydrogens (tertiary/aromatic N) is 1. The average Bonchev–Trinajstić information content (AvgIpc) is 2.97. The summed E-state index contributed by atoms with van der Waals surface area (Å²) in [4.78, 5) is 11.9.